The Morgan fingerprint density at radius 3 is 2.32 bits per heavy atom. The number of hydrogen-bond acceptors (Lipinski definition) is 4. The first-order valence-corrected chi connectivity index (χ1v) is 10.9. The quantitative estimate of drug-likeness (QED) is 0.743. The van der Waals surface area contributed by atoms with Crippen molar-refractivity contribution >= 4 is 27.5 Å². The molecular weight excluding hydrogens is 400 g/mol. The fraction of sp³-hybridized carbons (Fsp3) is 0.350. The van der Waals surface area contributed by atoms with Crippen molar-refractivity contribution in [3.05, 3.63) is 59.1 Å². The Kier molecular flexibility index (Phi) is 6.27. The Bertz CT molecular complexity index is 942. The molecule has 1 heterocycles. The van der Waals surface area contributed by atoms with Crippen molar-refractivity contribution < 1.29 is 17.9 Å². The Hall–Kier alpha value is -2.09. The summed E-state index contributed by atoms with van der Waals surface area (Å²) in [5.74, 6) is 0.446. The highest BCUT2D eigenvalue weighted by Gasteiger charge is 2.32. The maximum Gasteiger partial charge on any atom is 0.263 e. The molecule has 28 heavy (non-hydrogen) atoms. The predicted molar refractivity (Wildman–Crippen MR) is 108 cm³/mol. The fourth-order valence-corrected chi connectivity index (χ4v) is 4.80. The zero-order valence-electron chi connectivity index (χ0n) is 15.8. The summed E-state index contributed by atoms with van der Waals surface area (Å²) in [5.41, 5.74) is 0.853. The van der Waals surface area contributed by atoms with E-state index in [0.29, 0.717) is 23.9 Å². The third kappa shape index (κ3) is 4.48. The van der Waals surface area contributed by atoms with E-state index >= 15 is 0 Å². The summed E-state index contributed by atoms with van der Waals surface area (Å²) in [6.07, 6.45) is -0.669. The molecule has 3 rings (SSSR count). The number of carbonyl (C=O) groups excluding carboxylic acids is 1. The lowest BCUT2D eigenvalue weighted by Crippen LogP contribution is -2.53. The summed E-state index contributed by atoms with van der Waals surface area (Å²) in [6, 6.07) is 13.6. The topological polar surface area (TPSA) is 66.9 Å². The van der Waals surface area contributed by atoms with Gasteiger partial charge in [-0.3, -0.25) is 4.79 Å². The Morgan fingerprint density at radius 2 is 1.71 bits per heavy atom. The van der Waals surface area contributed by atoms with E-state index in [-0.39, 0.29) is 23.9 Å². The van der Waals surface area contributed by atoms with Crippen LogP contribution in [-0.4, -0.2) is 55.8 Å². The van der Waals surface area contributed by atoms with Crippen LogP contribution in [0.25, 0.3) is 0 Å². The molecular formula is C20H23ClN2O4S. The molecule has 1 aliphatic heterocycles. The van der Waals surface area contributed by atoms with E-state index in [1.54, 1.807) is 60.4 Å². The molecule has 8 heteroatoms. The summed E-state index contributed by atoms with van der Waals surface area (Å²) >= 11 is 5.95. The van der Waals surface area contributed by atoms with Gasteiger partial charge in [-0.1, -0.05) is 29.8 Å². The number of benzene rings is 2. The van der Waals surface area contributed by atoms with E-state index in [0.717, 1.165) is 5.56 Å². The van der Waals surface area contributed by atoms with Crippen molar-refractivity contribution in [3.8, 4) is 5.75 Å². The van der Waals surface area contributed by atoms with Gasteiger partial charge in [0, 0.05) is 31.2 Å². The minimum atomic E-state index is -3.54. The molecule has 0 aromatic heterocycles. The third-order valence-electron chi connectivity index (χ3n) is 4.72. The zero-order chi connectivity index (χ0) is 20.3. The van der Waals surface area contributed by atoms with Crippen molar-refractivity contribution in [1.82, 2.24) is 9.21 Å². The van der Waals surface area contributed by atoms with Gasteiger partial charge in [0.15, 0.2) is 6.10 Å². The average Bonchev–Trinajstić information content (AvgIpc) is 2.70. The molecule has 1 fully saturated rings. The van der Waals surface area contributed by atoms with Crippen LogP contribution >= 0.6 is 11.6 Å². The van der Waals surface area contributed by atoms with Gasteiger partial charge in [-0.2, -0.15) is 4.31 Å². The van der Waals surface area contributed by atoms with Gasteiger partial charge in [0.05, 0.1) is 4.90 Å². The Balaban J connectivity index is 1.60. The van der Waals surface area contributed by atoms with Gasteiger partial charge in [-0.15, -0.1) is 0 Å². The lowest BCUT2D eigenvalue weighted by Gasteiger charge is -2.35. The molecule has 1 aliphatic rings. The molecule has 1 saturated heterocycles. The van der Waals surface area contributed by atoms with Crippen molar-refractivity contribution in [2.75, 3.05) is 26.2 Å². The predicted octanol–water partition coefficient (Wildman–Crippen LogP) is 2.95. The number of nitrogens with zero attached hydrogens (tertiary/aromatic N) is 2. The average molecular weight is 423 g/mol. The molecule has 150 valence electrons. The molecule has 1 unspecified atom stereocenters. The largest absolute Gasteiger partial charge is 0.481 e. The van der Waals surface area contributed by atoms with Crippen LogP contribution in [0.5, 0.6) is 5.75 Å². The number of halogens is 1. The molecule has 0 aliphatic carbocycles. The van der Waals surface area contributed by atoms with Gasteiger partial charge in [-0.05, 0) is 49.7 Å². The normalized spacial score (nSPS) is 16.6. The summed E-state index contributed by atoms with van der Waals surface area (Å²) < 4.78 is 32.6. The van der Waals surface area contributed by atoms with Crippen LogP contribution < -0.4 is 4.74 Å². The van der Waals surface area contributed by atoms with Gasteiger partial charge in [0.25, 0.3) is 5.91 Å². The number of carbonyl (C=O) groups is 1. The first kappa shape index (κ1) is 20.6. The van der Waals surface area contributed by atoms with Gasteiger partial charge in [-0.25, -0.2) is 8.42 Å². The molecule has 2 aromatic carbocycles. The highest BCUT2D eigenvalue weighted by Crippen LogP contribution is 2.23. The van der Waals surface area contributed by atoms with E-state index in [4.69, 9.17) is 16.3 Å². The van der Waals surface area contributed by atoms with E-state index < -0.39 is 16.1 Å². The number of hydrogen-bond donors (Lipinski definition) is 0. The van der Waals surface area contributed by atoms with Crippen LogP contribution in [0.2, 0.25) is 5.02 Å². The monoisotopic (exact) mass is 422 g/mol. The number of aryl methyl sites for hydroxylation is 1. The minimum Gasteiger partial charge on any atom is -0.481 e. The molecule has 6 nitrogen and oxygen atoms in total. The summed E-state index contributed by atoms with van der Waals surface area (Å²) in [5, 5.41) is 0.611. The SMILES string of the molecule is Cc1cc(Cl)ccc1OC(C)C(=O)N1CCN(S(=O)(=O)c2ccccc2)CC1. The van der Waals surface area contributed by atoms with Gasteiger partial charge >= 0.3 is 0 Å². The van der Waals surface area contributed by atoms with Gasteiger partial charge in [0.1, 0.15) is 5.75 Å². The third-order valence-corrected chi connectivity index (χ3v) is 6.87. The van der Waals surface area contributed by atoms with Crippen LogP contribution in [-0.2, 0) is 14.8 Å². The smallest absolute Gasteiger partial charge is 0.263 e. The van der Waals surface area contributed by atoms with Crippen LogP contribution in [0, 0.1) is 6.92 Å². The lowest BCUT2D eigenvalue weighted by atomic mass is 10.2. The molecule has 2 aromatic rings. The van der Waals surface area contributed by atoms with Crippen LogP contribution in [0.3, 0.4) is 0 Å². The summed E-state index contributed by atoms with van der Waals surface area (Å²) in [4.78, 5) is 14.6. The number of amides is 1. The van der Waals surface area contributed by atoms with Crippen LogP contribution in [0.1, 0.15) is 12.5 Å². The second-order valence-electron chi connectivity index (χ2n) is 6.71. The van der Waals surface area contributed by atoms with E-state index in [2.05, 4.69) is 0 Å². The second kappa shape index (κ2) is 8.51. The number of rotatable bonds is 5. The number of piperazine rings is 1. The highest BCUT2D eigenvalue weighted by atomic mass is 35.5. The van der Waals surface area contributed by atoms with E-state index in [1.165, 1.54) is 4.31 Å². The first-order chi connectivity index (χ1) is 13.3. The van der Waals surface area contributed by atoms with Crippen molar-refractivity contribution in [3.63, 3.8) is 0 Å². The lowest BCUT2D eigenvalue weighted by molar-refractivity contribution is -0.139. The maximum absolute atomic E-state index is 12.7. The second-order valence-corrected chi connectivity index (χ2v) is 9.09. The maximum atomic E-state index is 12.7. The highest BCUT2D eigenvalue weighted by molar-refractivity contribution is 7.89. The molecule has 1 atom stereocenters. The molecule has 0 N–H and O–H groups in total. The summed E-state index contributed by atoms with van der Waals surface area (Å²) in [6.45, 7) is 4.75. The Labute approximate surface area is 170 Å². The van der Waals surface area contributed by atoms with Crippen molar-refractivity contribution in [2.45, 2.75) is 24.8 Å². The number of sulfonamides is 1. The molecule has 0 saturated carbocycles. The summed E-state index contributed by atoms with van der Waals surface area (Å²) in [7, 11) is -3.54. The first-order valence-electron chi connectivity index (χ1n) is 9.06. The minimum absolute atomic E-state index is 0.161. The van der Waals surface area contributed by atoms with Gasteiger partial charge < -0.3 is 9.64 Å². The van der Waals surface area contributed by atoms with Crippen LogP contribution in [0.15, 0.2) is 53.4 Å². The number of ether oxygens (including phenoxy) is 1. The van der Waals surface area contributed by atoms with E-state index in [9.17, 15) is 13.2 Å². The molecule has 1 amide bonds. The van der Waals surface area contributed by atoms with Crippen LogP contribution in [0.4, 0.5) is 0 Å². The zero-order valence-corrected chi connectivity index (χ0v) is 17.4. The molecule has 0 radical (unpaired) electrons. The van der Waals surface area contributed by atoms with Crippen molar-refractivity contribution in [1.29, 1.82) is 0 Å². The molecule has 0 spiro atoms. The fourth-order valence-electron chi connectivity index (χ4n) is 3.13. The molecule has 0 bridgehead atoms. The van der Waals surface area contributed by atoms with E-state index in [1.807, 2.05) is 6.92 Å². The Morgan fingerprint density at radius 1 is 1.07 bits per heavy atom. The standard InChI is InChI=1S/C20H23ClN2O4S/c1-15-14-17(21)8-9-19(15)27-16(2)20(24)22-10-12-23(13-11-22)28(25,26)18-6-4-3-5-7-18/h3-9,14,16H,10-13H2,1-2H3. The van der Waals surface area contributed by atoms with Gasteiger partial charge in [0.2, 0.25) is 10.0 Å². The van der Waals surface area contributed by atoms with Crippen molar-refractivity contribution in [2.24, 2.45) is 0 Å².